The van der Waals surface area contributed by atoms with Gasteiger partial charge in [0.05, 0.1) is 5.69 Å². The van der Waals surface area contributed by atoms with E-state index in [0.717, 1.165) is 31.1 Å². The van der Waals surface area contributed by atoms with E-state index in [1.807, 2.05) is 12.3 Å². The van der Waals surface area contributed by atoms with Gasteiger partial charge in [-0.25, -0.2) is 4.98 Å². The lowest BCUT2D eigenvalue weighted by atomic mass is 9.96. The van der Waals surface area contributed by atoms with E-state index in [1.165, 1.54) is 18.4 Å². The summed E-state index contributed by atoms with van der Waals surface area (Å²) in [5.74, 6) is 1.10. The van der Waals surface area contributed by atoms with Crippen LogP contribution in [0.15, 0.2) is 48.7 Å². The van der Waals surface area contributed by atoms with Crippen molar-refractivity contribution in [2.45, 2.75) is 65.2 Å². The zero-order valence-electron chi connectivity index (χ0n) is 17.2. The molecule has 1 fully saturated rings. The first-order valence-corrected chi connectivity index (χ1v) is 10.3. The summed E-state index contributed by atoms with van der Waals surface area (Å²) < 4.78 is 0. The maximum atomic E-state index is 4.74. The van der Waals surface area contributed by atoms with Gasteiger partial charge in [0, 0.05) is 44.0 Å². The lowest BCUT2D eigenvalue weighted by Gasteiger charge is -2.43. The van der Waals surface area contributed by atoms with Gasteiger partial charge in [0.2, 0.25) is 0 Å². The van der Waals surface area contributed by atoms with Gasteiger partial charge >= 0.3 is 0 Å². The highest BCUT2D eigenvalue weighted by molar-refractivity contribution is 5.66. The van der Waals surface area contributed by atoms with Gasteiger partial charge in [-0.05, 0) is 58.2 Å². The van der Waals surface area contributed by atoms with Crippen LogP contribution >= 0.6 is 0 Å². The minimum absolute atomic E-state index is 0.401. The monoisotopic (exact) mass is 366 g/mol. The summed E-state index contributed by atoms with van der Waals surface area (Å²) in [5, 5.41) is 3.57. The molecule has 4 heteroatoms. The third-order valence-corrected chi connectivity index (χ3v) is 5.50. The maximum Gasteiger partial charge on any atom is 0.152 e. The van der Waals surface area contributed by atoms with Gasteiger partial charge in [0.15, 0.2) is 5.82 Å². The molecule has 3 rings (SSSR count). The number of hydrogen-bond acceptors (Lipinski definition) is 4. The van der Waals surface area contributed by atoms with E-state index in [4.69, 9.17) is 4.98 Å². The van der Waals surface area contributed by atoms with Crippen LogP contribution in [0.4, 0.5) is 11.5 Å². The number of benzene rings is 1. The zero-order chi connectivity index (χ0) is 19.2. The van der Waals surface area contributed by atoms with Gasteiger partial charge in [-0.1, -0.05) is 30.3 Å². The summed E-state index contributed by atoms with van der Waals surface area (Å²) in [6.45, 7) is 12.1. The molecule has 27 heavy (non-hydrogen) atoms. The first-order valence-electron chi connectivity index (χ1n) is 10.3. The molecule has 0 bridgehead atoms. The molecule has 0 amide bonds. The van der Waals surface area contributed by atoms with E-state index >= 15 is 0 Å². The van der Waals surface area contributed by atoms with E-state index < -0.39 is 0 Å². The Morgan fingerprint density at radius 2 is 1.96 bits per heavy atom. The second-order valence-corrected chi connectivity index (χ2v) is 7.94. The van der Waals surface area contributed by atoms with Crippen LogP contribution in [0, 0.1) is 0 Å². The number of anilines is 2. The third-order valence-electron chi connectivity index (χ3n) is 5.50. The number of pyridine rings is 1. The molecule has 4 nitrogen and oxygen atoms in total. The number of piperidine rings is 1. The SMILES string of the molecule is CCN(c1ncccc1NC(C)C)C1CCN(Cc2ccccc2)C(C)C1. The second-order valence-electron chi connectivity index (χ2n) is 7.94. The predicted molar refractivity (Wildman–Crippen MR) is 115 cm³/mol. The fourth-order valence-corrected chi connectivity index (χ4v) is 4.16. The molecule has 0 spiro atoms. The van der Waals surface area contributed by atoms with Gasteiger partial charge in [0.25, 0.3) is 0 Å². The first-order chi connectivity index (χ1) is 13.1. The Morgan fingerprint density at radius 3 is 2.63 bits per heavy atom. The molecule has 1 aliphatic rings. The van der Waals surface area contributed by atoms with E-state index in [-0.39, 0.29) is 0 Å². The van der Waals surface area contributed by atoms with E-state index in [1.54, 1.807) is 0 Å². The Labute approximate surface area is 164 Å². The van der Waals surface area contributed by atoms with Gasteiger partial charge in [-0.15, -0.1) is 0 Å². The summed E-state index contributed by atoms with van der Waals surface area (Å²) in [5.41, 5.74) is 2.55. The summed E-state index contributed by atoms with van der Waals surface area (Å²) in [6, 6.07) is 16.5. The van der Waals surface area contributed by atoms with Crippen molar-refractivity contribution in [2.75, 3.05) is 23.3 Å². The van der Waals surface area contributed by atoms with Crippen molar-refractivity contribution in [1.29, 1.82) is 0 Å². The number of aromatic nitrogens is 1. The van der Waals surface area contributed by atoms with Crippen LogP contribution in [0.3, 0.4) is 0 Å². The largest absolute Gasteiger partial charge is 0.380 e. The molecule has 2 unspecified atom stereocenters. The van der Waals surface area contributed by atoms with E-state index in [0.29, 0.717) is 18.1 Å². The Hall–Kier alpha value is -2.07. The average molecular weight is 367 g/mol. The quantitative estimate of drug-likeness (QED) is 0.764. The molecule has 1 aromatic carbocycles. The average Bonchev–Trinajstić information content (AvgIpc) is 2.66. The number of hydrogen-bond donors (Lipinski definition) is 1. The molecular weight excluding hydrogens is 332 g/mol. The highest BCUT2D eigenvalue weighted by Crippen LogP contribution is 2.30. The minimum atomic E-state index is 0.401. The van der Waals surface area contributed by atoms with Crippen LogP contribution in [0.25, 0.3) is 0 Å². The number of nitrogens with one attached hydrogen (secondary N) is 1. The van der Waals surface area contributed by atoms with Crippen molar-refractivity contribution in [2.24, 2.45) is 0 Å². The van der Waals surface area contributed by atoms with Crippen LogP contribution in [0.5, 0.6) is 0 Å². The molecular formula is C23H34N4. The fraction of sp³-hybridized carbons (Fsp3) is 0.522. The van der Waals surface area contributed by atoms with Crippen molar-refractivity contribution in [3.05, 3.63) is 54.2 Å². The zero-order valence-corrected chi connectivity index (χ0v) is 17.2. The molecule has 1 N–H and O–H groups in total. The van der Waals surface area contributed by atoms with Crippen LogP contribution in [-0.4, -0.2) is 41.1 Å². The smallest absolute Gasteiger partial charge is 0.152 e. The van der Waals surface area contributed by atoms with Crippen LogP contribution in [0.1, 0.15) is 46.1 Å². The summed E-state index contributed by atoms with van der Waals surface area (Å²) >= 11 is 0. The van der Waals surface area contributed by atoms with Crippen molar-refractivity contribution >= 4 is 11.5 Å². The molecule has 1 aliphatic heterocycles. The Balaban J connectivity index is 1.70. The highest BCUT2D eigenvalue weighted by Gasteiger charge is 2.30. The van der Waals surface area contributed by atoms with Gasteiger partial charge in [-0.3, -0.25) is 4.90 Å². The standard InChI is InChI=1S/C23H34N4/c1-5-27(23-22(25-18(2)3)12-9-14-24-23)21-13-15-26(19(4)16-21)17-20-10-7-6-8-11-20/h6-12,14,18-19,21,25H,5,13,15-17H2,1-4H3. The van der Waals surface area contributed by atoms with Crippen LogP contribution in [0.2, 0.25) is 0 Å². The topological polar surface area (TPSA) is 31.4 Å². The normalized spacial score (nSPS) is 20.6. The first kappa shape index (κ1) is 19.7. The Bertz CT molecular complexity index is 701. The van der Waals surface area contributed by atoms with Crippen molar-refractivity contribution in [3.8, 4) is 0 Å². The van der Waals surface area contributed by atoms with E-state index in [9.17, 15) is 0 Å². The Morgan fingerprint density at radius 1 is 1.19 bits per heavy atom. The summed E-state index contributed by atoms with van der Waals surface area (Å²) in [6.07, 6.45) is 4.28. The lowest BCUT2D eigenvalue weighted by molar-refractivity contribution is 0.137. The van der Waals surface area contributed by atoms with Crippen molar-refractivity contribution in [3.63, 3.8) is 0 Å². The molecule has 1 saturated heterocycles. The molecule has 2 atom stereocenters. The maximum absolute atomic E-state index is 4.74. The lowest BCUT2D eigenvalue weighted by Crippen LogP contribution is -2.49. The molecule has 0 aliphatic carbocycles. The molecule has 2 aromatic rings. The Kier molecular flexibility index (Phi) is 6.73. The summed E-state index contributed by atoms with van der Waals surface area (Å²) in [7, 11) is 0. The van der Waals surface area contributed by atoms with Crippen molar-refractivity contribution in [1.82, 2.24) is 9.88 Å². The minimum Gasteiger partial charge on any atom is -0.380 e. The van der Waals surface area contributed by atoms with Gasteiger partial charge in [-0.2, -0.15) is 0 Å². The van der Waals surface area contributed by atoms with Gasteiger partial charge < -0.3 is 10.2 Å². The fourth-order valence-electron chi connectivity index (χ4n) is 4.16. The molecule has 1 aromatic heterocycles. The number of rotatable bonds is 7. The third kappa shape index (κ3) is 5.01. The van der Waals surface area contributed by atoms with Gasteiger partial charge in [0.1, 0.15) is 0 Å². The van der Waals surface area contributed by atoms with Crippen LogP contribution in [-0.2, 0) is 6.54 Å². The molecule has 0 radical (unpaired) electrons. The number of likely N-dealkylation sites (tertiary alicyclic amines) is 1. The summed E-state index contributed by atoms with van der Waals surface area (Å²) in [4.78, 5) is 9.86. The molecule has 146 valence electrons. The van der Waals surface area contributed by atoms with Crippen molar-refractivity contribution < 1.29 is 0 Å². The van der Waals surface area contributed by atoms with Crippen LogP contribution < -0.4 is 10.2 Å². The van der Waals surface area contributed by atoms with E-state index in [2.05, 4.69) is 79.2 Å². The predicted octanol–water partition coefficient (Wildman–Crippen LogP) is 4.78. The highest BCUT2D eigenvalue weighted by atomic mass is 15.3. The second kappa shape index (κ2) is 9.23. The number of nitrogens with zero attached hydrogens (tertiary/aromatic N) is 3. The molecule has 2 heterocycles. The molecule has 0 saturated carbocycles.